The lowest BCUT2D eigenvalue weighted by Crippen LogP contribution is -2.44. The largest absolute Gasteiger partial charge is 0.443 e. The van der Waals surface area contributed by atoms with E-state index in [0.717, 1.165) is 4.90 Å². The molecule has 0 bridgehead atoms. The summed E-state index contributed by atoms with van der Waals surface area (Å²) in [4.78, 5) is 46.1. The van der Waals surface area contributed by atoms with Crippen molar-refractivity contribution < 1.29 is 23.9 Å². The van der Waals surface area contributed by atoms with Crippen LogP contribution in [0.25, 0.3) is 16.8 Å². The highest BCUT2D eigenvalue weighted by Gasteiger charge is 2.35. The average Bonchev–Trinajstić information content (AvgIpc) is 3.10. The zero-order chi connectivity index (χ0) is 23.7. The first-order valence-corrected chi connectivity index (χ1v) is 9.89. The molecule has 0 aliphatic heterocycles. The number of imide groups is 1. The van der Waals surface area contributed by atoms with Gasteiger partial charge in [-0.15, -0.1) is 0 Å². The van der Waals surface area contributed by atoms with Crippen LogP contribution in [0.5, 0.6) is 0 Å². The summed E-state index contributed by atoms with van der Waals surface area (Å²) in [5.74, 6) is -0.00532. The first kappa shape index (κ1) is 22.9. The van der Waals surface area contributed by atoms with E-state index < -0.39 is 23.4 Å². The van der Waals surface area contributed by atoms with E-state index in [-0.39, 0.29) is 5.82 Å². The Kier molecular flexibility index (Phi) is 5.98. The second kappa shape index (κ2) is 8.37. The van der Waals surface area contributed by atoms with Crippen molar-refractivity contribution in [3.8, 4) is 11.3 Å². The number of hydrogen-bond donors (Lipinski definition) is 0. The van der Waals surface area contributed by atoms with Gasteiger partial charge in [0, 0.05) is 23.5 Å². The molecule has 168 valence electrons. The van der Waals surface area contributed by atoms with E-state index in [0.29, 0.717) is 28.6 Å². The van der Waals surface area contributed by atoms with Crippen molar-refractivity contribution in [2.45, 2.75) is 52.7 Å². The minimum absolute atomic E-state index is 0.00532. The standard InChI is InChI=1S/C22H25N5O5/c1-21(2,3)31-19(29)26(20(30)32-22(4,5)6)18-17-8-7-16(27(17)25-13-24-18)15-9-14(12-28)10-23-11-15/h7-13H,1-6H3. The Bertz CT molecular complexity index is 1150. The summed E-state index contributed by atoms with van der Waals surface area (Å²) >= 11 is 0. The Morgan fingerprint density at radius 3 is 2.19 bits per heavy atom. The molecule has 3 rings (SSSR count). The number of aromatic nitrogens is 4. The van der Waals surface area contributed by atoms with Gasteiger partial charge in [0.2, 0.25) is 0 Å². The molecule has 0 unspecified atom stereocenters. The number of carbonyl (C=O) groups excluding carboxylic acids is 3. The van der Waals surface area contributed by atoms with Crippen LogP contribution in [0.3, 0.4) is 0 Å². The van der Waals surface area contributed by atoms with Crippen LogP contribution in [0.15, 0.2) is 36.9 Å². The number of hydrogen-bond acceptors (Lipinski definition) is 8. The van der Waals surface area contributed by atoms with Crippen LogP contribution in [0, 0.1) is 0 Å². The summed E-state index contributed by atoms with van der Waals surface area (Å²) in [5, 5.41) is 4.24. The van der Waals surface area contributed by atoms with E-state index in [9.17, 15) is 14.4 Å². The molecule has 2 amide bonds. The van der Waals surface area contributed by atoms with E-state index in [4.69, 9.17) is 9.47 Å². The zero-order valence-electron chi connectivity index (χ0n) is 18.8. The minimum atomic E-state index is -0.931. The number of rotatable bonds is 3. The molecular weight excluding hydrogens is 414 g/mol. The molecule has 0 saturated carbocycles. The molecule has 0 saturated heterocycles. The summed E-state index contributed by atoms with van der Waals surface area (Å²) in [6.07, 6.45) is 3.07. The topological polar surface area (TPSA) is 116 Å². The van der Waals surface area contributed by atoms with Gasteiger partial charge in [-0.25, -0.2) is 19.1 Å². The van der Waals surface area contributed by atoms with Gasteiger partial charge in [0.25, 0.3) is 0 Å². The summed E-state index contributed by atoms with van der Waals surface area (Å²) in [7, 11) is 0. The van der Waals surface area contributed by atoms with Crippen LogP contribution in [0.2, 0.25) is 0 Å². The number of ether oxygens (including phenoxy) is 2. The SMILES string of the molecule is CC(C)(C)OC(=O)N(C(=O)OC(C)(C)C)c1ncnn2c(-c3cncc(C=O)c3)ccc12. The van der Waals surface area contributed by atoms with E-state index in [1.165, 1.54) is 17.0 Å². The monoisotopic (exact) mass is 439 g/mol. The Morgan fingerprint density at radius 1 is 1.00 bits per heavy atom. The summed E-state index contributed by atoms with van der Waals surface area (Å²) < 4.78 is 12.4. The van der Waals surface area contributed by atoms with Crippen molar-refractivity contribution in [3.05, 3.63) is 42.5 Å². The van der Waals surface area contributed by atoms with Crippen molar-refractivity contribution in [1.82, 2.24) is 19.6 Å². The van der Waals surface area contributed by atoms with Gasteiger partial charge in [0.05, 0.1) is 5.69 Å². The molecule has 3 heterocycles. The number of amides is 2. The number of fused-ring (bicyclic) bond motifs is 1. The first-order valence-electron chi connectivity index (χ1n) is 9.89. The summed E-state index contributed by atoms with van der Waals surface area (Å²) in [5.41, 5.74) is 0.267. The van der Waals surface area contributed by atoms with E-state index in [2.05, 4.69) is 15.1 Å². The second-order valence-electron chi connectivity index (χ2n) is 9.02. The van der Waals surface area contributed by atoms with Gasteiger partial charge >= 0.3 is 12.2 Å². The van der Waals surface area contributed by atoms with Gasteiger partial charge in [0.15, 0.2) is 12.1 Å². The number of pyridine rings is 1. The van der Waals surface area contributed by atoms with Crippen LogP contribution in [0.1, 0.15) is 51.9 Å². The number of anilines is 1. The molecule has 10 heteroatoms. The third kappa shape index (κ3) is 5.08. The maximum absolute atomic E-state index is 13.0. The molecule has 0 aliphatic carbocycles. The van der Waals surface area contributed by atoms with Gasteiger partial charge in [0.1, 0.15) is 23.0 Å². The van der Waals surface area contributed by atoms with Gasteiger partial charge in [-0.3, -0.25) is 9.78 Å². The smallest absolute Gasteiger partial charge is 0.425 e. The Morgan fingerprint density at radius 2 is 1.62 bits per heavy atom. The molecule has 0 N–H and O–H groups in total. The fourth-order valence-corrected chi connectivity index (χ4v) is 2.84. The maximum Gasteiger partial charge on any atom is 0.425 e. The lowest BCUT2D eigenvalue weighted by molar-refractivity contribution is 0.0429. The number of carbonyl (C=O) groups is 3. The lowest BCUT2D eigenvalue weighted by atomic mass is 10.2. The molecular formula is C22H25N5O5. The fourth-order valence-electron chi connectivity index (χ4n) is 2.84. The Labute approximate surface area is 185 Å². The molecule has 0 aliphatic rings. The van der Waals surface area contributed by atoms with Gasteiger partial charge in [-0.1, -0.05) is 0 Å². The van der Waals surface area contributed by atoms with E-state index in [1.54, 1.807) is 65.9 Å². The number of aldehydes is 1. The molecule has 0 fully saturated rings. The van der Waals surface area contributed by atoms with E-state index >= 15 is 0 Å². The third-order valence-electron chi connectivity index (χ3n) is 3.99. The van der Waals surface area contributed by atoms with Gasteiger partial charge in [-0.05, 0) is 59.7 Å². The lowest BCUT2D eigenvalue weighted by Gasteiger charge is -2.28. The molecule has 10 nitrogen and oxygen atoms in total. The van der Waals surface area contributed by atoms with Gasteiger partial charge < -0.3 is 9.47 Å². The molecule has 3 aromatic heterocycles. The average molecular weight is 439 g/mol. The molecule has 0 spiro atoms. The summed E-state index contributed by atoms with van der Waals surface area (Å²) in [6, 6.07) is 5.03. The maximum atomic E-state index is 13.0. The highest BCUT2D eigenvalue weighted by atomic mass is 16.6. The minimum Gasteiger partial charge on any atom is -0.443 e. The molecule has 0 radical (unpaired) electrons. The van der Waals surface area contributed by atoms with Crippen molar-refractivity contribution in [3.63, 3.8) is 0 Å². The zero-order valence-corrected chi connectivity index (χ0v) is 18.8. The normalized spacial score (nSPS) is 11.8. The highest BCUT2D eigenvalue weighted by molar-refractivity contribution is 6.11. The van der Waals surface area contributed by atoms with Crippen LogP contribution in [-0.2, 0) is 9.47 Å². The van der Waals surface area contributed by atoms with Crippen molar-refractivity contribution in [1.29, 1.82) is 0 Å². The number of nitrogens with zero attached hydrogens (tertiary/aromatic N) is 5. The second-order valence-corrected chi connectivity index (χ2v) is 9.02. The highest BCUT2D eigenvalue weighted by Crippen LogP contribution is 2.28. The van der Waals surface area contributed by atoms with Crippen molar-refractivity contribution >= 4 is 29.8 Å². The van der Waals surface area contributed by atoms with Crippen molar-refractivity contribution in [2.24, 2.45) is 0 Å². The van der Waals surface area contributed by atoms with Gasteiger partial charge in [-0.2, -0.15) is 10.00 Å². The molecule has 0 aromatic carbocycles. The predicted octanol–water partition coefficient (Wildman–Crippen LogP) is 4.28. The van der Waals surface area contributed by atoms with Crippen molar-refractivity contribution in [2.75, 3.05) is 4.90 Å². The molecule has 0 atom stereocenters. The Hall–Kier alpha value is -3.82. The van der Waals surface area contributed by atoms with Crippen LogP contribution < -0.4 is 4.90 Å². The fraction of sp³-hybridized carbons (Fsp3) is 0.364. The van der Waals surface area contributed by atoms with Crippen LogP contribution in [-0.4, -0.2) is 49.3 Å². The quantitative estimate of drug-likeness (QED) is 0.555. The Balaban J connectivity index is 2.14. The first-order chi connectivity index (χ1) is 14.9. The molecule has 32 heavy (non-hydrogen) atoms. The predicted molar refractivity (Wildman–Crippen MR) is 117 cm³/mol. The van der Waals surface area contributed by atoms with E-state index in [1.807, 2.05) is 0 Å². The van der Waals surface area contributed by atoms with Crippen LogP contribution in [0.4, 0.5) is 15.4 Å². The molecule has 3 aromatic rings. The van der Waals surface area contributed by atoms with Crippen LogP contribution >= 0.6 is 0 Å². The third-order valence-corrected chi connectivity index (χ3v) is 3.99. The summed E-state index contributed by atoms with van der Waals surface area (Å²) in [6.45, 7) is 10.1.